The van der Waals surface area contributed by atoms with Crippen molar-refractivity contribution in [2.24, 2.45) is 0 Å². The molecule has 0 bridgehead atoms. The van der Waals surface area contributed by atoms with Crippen LogP contribution in [0, 0.1) is 6.92 Å². The fourth-order valence-electron chi connectivity index (χ4n) is 3.73. The lowest BCUT2D eigenvalue weighted by Crippen LogP contribution is -2.40. The summed E-state index contributed by atoms with van der Waals surface area (Å²) in [6.07, 6.45) is 0.324. The van der Waals surface area contributed by atoms with Crippen LogP contribution in [-0.4, -0.2) is 45.2 Å². The summed E-state index contributed by atoms with van der Waals surface area (Å²) >= 11 is 3.27. The summed E-state index contributed by atoms with van der Waals surface area (Å²) in [6.45, 7) is 2.14. The average molecular weight is 552 g/mol. The first-order valence-electron chi connectivity index (χ1n) is 10.2. The Morgan fingerprint density at radius 2 is 1.73 bits per heavy atom. The molecular weight excluding hydrogens is 530 g/mol. The summed E-state index contributed by atoms with van der Waals surface area (Å²) in [7, 11) is -7.19. The van der Waals surface area contributed by atoms with Gasteiger partial charge in [0.25, 0.3) is 5.91 Å². The lowest BCUT2D eigenvalue weighted by molar-refractivity contribution is 0.0642. The van der Waals surface area contributed by atoms with E-state index >= 15 is 0 Å². The van der Waals surface area contributed by atoms with E-state index in [-0.39, 0.29) is 33.8 Å². The lowest BCUT2D eigenvalue weighted by Gasteiger charge is -2.27. The van der Waals surface area contributed by atoms with Crippen molar-refractivity contribution in [2.75, 3.05) is 11.5 Å². The molecule has 7 nitrogen and oxygen atoms in total. The SMILES string of the molecule is Cc1ccc(CN(C(=O)c2ccc(S(=O)(=O)c3ccc(Br)cc3)o2)[C@H]2CCS(=O)(=O)C2)cc1. The van der Waals surface area contributed by atoms with E-state index in [1.165, 1.54) is 29.2 Å². The van der Waals surface area contributed by atoms with Gasteiger partial charge in [0.05, 0.1) is 16.4 Å². The van der Waals surface area contributed by atoms with Gasteiger partial charge in [0.2, 0.25) is 14.9 Å². The van der Waals surface area contributed by atoms with Crippen LogP contribution >= 0.6 is 15.9 Å². The molecule has 0 saturated carbocycles. The highest BCUT2D eigenvalue weighted by Gasteiger charge is 2.36. The first kappa shape index (κ1) is 23.7. The molecule has 0 unspecified atom stereocenters. The molecule has 2 heterocycles. The number of hydrogen-bond acceptors (Lipinski definition) is 6. The standard InChI is InChI=1S/C23H22BrNO6S2/c1-16-2-4-17(5-3-16)14-25(19-12-13-32(27,28)15-19)23(26)21-10-11-22(31-21)33(29,30)20-8-6-18(24)7-9-20/h2-11,19H,12-15H2,1H3/t19-/m0/s1. The summed E-state index contributed by atoms with van der Waals surface area (Å²) in [5.41, 5.74) is 1.90. The summed E-state index contributed by atoms with van der Waals surface area (Å²) < 4.78 is 56.2. The zero-order valence-electron chi connectivity index (χ0n) is 17.8. The second-order valence-electron chi connectivity index (χ2n) is 8.05. The highest BCUT2D eigenvalue weighted by Crippen LogP contribution is 2.27. The van der Waals surface area contributed by atoms with Crippen molar-refractivity contribution in [1.29, 1.82) is 0 Å². The Morgan fingerprint density at radius 1 is 1.06 bits per heavy atom. The molecule has 33 heavy (non-hydrogen) atoms. The third-order valence-electron chi connectivity index (χ3n) is 5.56. The summed E-state index contributed by atoms with van der Waals surface area (Å²) in [6, 6.07) is 15.7. The van der Waals surface area contributed by atoms with Crippen molar-refractivity contribution >= 4 is 41.5 Å². The second kappa shape index (κ2) is 9.08. The minimum atomic E-state index is -3.95. The number of halogens is 1. The Kier molecular flexibility index (Phi) is 6.52. The van der Waals surface area contributed by atoms with E-state index in [0.717, 1.165) is 15.6 Å². The van der Waals surface area contributed by atoms with Gasteiger partial charge in [-0.15, -0.1) is 0 Å². The molecule has 4 rings (SSSR count). The molecule has 1 amide bonds. The number of carbonyl (C=O) groups excluding carboxylic acids is 1. The third-order valence-corrected chi connectivity index (χ3v) is 9.49. The van der Waals surface area contributed by atoms with Crippen LogP contribution in [0.2, 0.25) is 0 Å². The molecule has 1 saturated heterocycles. The number of hydrogen-bond donors (Lipinski definition) is 0. The van der Waals surface area contributed by atoms with Gasteiger partial charge in [0, 0.05) is 17.1 Å². The van der Waals surface area contributed by atoms with E-state index in [9.17, 15) is 21.6 Å². The Bertz CT molecular complexity index is 1380. The maximum absolute atomic E-state index is 13.4. The molecule has 0 N–H and O–H groups in total. The van der Waals surface area contributed by atoms with Gasteiger partial charge >= 0.3 is 0 Å². The molecule has 1 aromatic heterocycles. The maximum Gasteiger partial charge on any atom is 0.290 e. The summed E-state index contributed by atoms with van der Waals surface area (Å²) in [5.74, 6) is -0.816. The van der Waals surface area contributed by atoms with Crippen LogP contribution in [0.25, 0.3) is 0 Å². The quantitative estimate of drug-likeness (QED) is 0.458. The topological polar surface area (TPSA) is 102 Å². The number of nitrogens with zero attached hydrogens (tertiary/aromatic N) is 1. The van der Waals surface area contributed by atoms with E-state index in [4.69, 9.17) is 4.42 Å². The van der Waals surface area contributed by atoms with Crippen molar-refractivity contribution in [3.63, 3.8) is 0 Å². The summed E-state index contributed by atoms with van der Waals surface area (Å²) in [5, 5.41) is -0.345. The largest absolute Gasteiger partial charge is 0.439 e. The Hall–Kier alpha value is -2.43. The zero-order valence-corrected chi connectivity index (χ0v) is 21.0. The molecule has 1 fully saturated rings. The van der Waals surface area contributed by atoms with Crippen molar-refractivity contribution in [3.8, 4) is 0 Å². The molecule has 1 aliphatic rings. The Morgan fingerprint density at radius 3 is 2.33 bits per heavy atom. The van der Waals surface area contributed by atoms with Gasteiger partial charge in [0.1, 0.15) is 0 Å². The maximum atomic E-state index is 13.4. The number of furan rings is 1. The Labute approximate surface area is 201 Å². The fraction of sp³-hybridized carbons (Fsp3) is 0.261. The highest BCUT2D eigenvalue weighted by molar-refractivity contribution is 9.10. The first-order valence-corrected chi connectivity index (χ1v) is 14.3. The van der Waals surface area contributed by atoms with Gasteiger partial charge in [-0.25, -0.2) is 16.8 Å². The molecule has 3 aromatic rings. The molecule has 0 spiro atoms. The van der Waals surface area contributed by atoms with Gasteiger partial charge < -0.3 is 9.32 Å². The van der Waals surface area contributed by atoms with Crippen LogP contribution in [0.15, 0.2) is 79.5 Å². The van der Waals surface area contributed by atoms with E-state index < -0.39 is 31.6 Å². The van der Waals surface area contributed by atoms with Gasteiger partial charge in [-0.1, -0.05) is 45.8 Å². The van der Waals surface area contributed by atoms with Crippen molar-refractivity contribution in [2.45, 2.75) is 35.9 Å². The average Bonchev–Trinajstić information content (AvgIpc) is 3.40. The molecule has 1 aliphatic heterocycles. The number of rotatable bonds is 6. The number of aryl methyl sites for hydroxylation is 1. The molecule has 10 heteroatoms. The predicted molar refractivity (Wildman–Crippen MR) is 126 cm³/mol. The number of sulfone groups is 2. The van der Waals surface area contributed by atoms with Gasteiger partial charge in [-0.3, -0.25) is 4.79 Å². The normalized spacial score (nSPS) is 17.7. The van der Waals surface area contributed by atoms with Gasteiger partial charge in [0.15, 0.2) is 15.6 Å². The molecule has 0 aliphatic carbocycles. The molecule has 174 valence electrons. The van der Waals surface area contributed by atoms with Crippen LogP contribution < -0.4 is 0 Å². The van der Waals surface area contributed by atoms with E-state index in [1.54, 1.807) is 12.1 Å². The third kappa shape index (κ3) is 5.23. The number of amides is 1. The second-order valence-corrected chi connectivity index (χ2v) is 13.1. The van der Waals surface area contributed by atoms with E-state index in [1.807, 2.05) is 31.2 Å². The lowest BCUT2D eigenvalue weighted by atomic mass is 10.1. The molecule has 0 radical (unpaired) electrons. The zero-order chi connectivity index (χ0) is 23.8. The molecular formula is C23H22BrNO6S2. The summed E-state index contributed by atoms with van der Waals surface area (Å²) in [4.78, 5) is 14.9. The predicted octanol–water partition coefficient (Wildman–Crippen LogP) is 4.01. The van der Waals surface area contributed by atoms with Crippen molar-refractivity contribution in [1.82, 2.24) is 4.90 Å². The smallest absolute Gasteiger partial charge is 0.290 e. The fourth-order valence-corrected chi connectivity index (χ4v) is 6.90. The van der Waals surface area contributed by atoms with Crippen LogP contribution in [0.3, 0.4) is 0 Å². The van der Waals surface area contributed by atoms with Crippen molar-refractivity contribution < 1.29 is 26.0 Å². The van der Waals surface area contributed by atoms with Crippen LogP contribution in [0.1, 0.15) is 28.1 Å². The van der Waals surface area contributed by atoms with Crippen molar-refractivity contribution in [3.05, 3.63) is 82.0 Å². The van der Waals surface area contributed by atoms with Crippen LogP contribution in [0.5, 0.6) is 0 Å². The monoisotopic (exact) mass is 551 g/mol. The van der Waals surface area contributed by atoms with Crippen LogP contribution in [-0.2, 0) is 26.2 Å². The number of carbonyl (C=O) groups is 1. The first-order chi connectivity index (χ1) is 15.5. The molecule has 1 atom stereocenters. The minimum absolute atomic E-state index is 0.0106. The molecule has 2 aromatic carbocycles. The van der Waals surface area contributed by atoms with Gasteiger partial charge in [-0.05, 0) is 55.3 Å². The minimum Gasteiger partial charge on any atom is -0.439 e. The van der Waals surface area contributed by atoms with Gasteiger partial charge in [-0.2, -0.15) is 0 Å². The Balaban J connectivity index is 1.64. The van der Waals surface area contributed by atoms with E-state index in [2.05, 4.69) is 15.9 Å². The van der Waals surface area contributed by atoms with E-state index in [0.29, 0.717) is 6.42 Å². The highest BCUT2D eigenvalue weighted by atomic mass is 79.9. The number of benzene rings is 2. The van der Waals surface area contributed by atoms with Crippen LogP contribution in [0.4, 0.5) is 0 Å².